The van der Waals surface area contributed by atoms with Crippen LogP contribution in [0.1, 0.15) is 53.6 Å². The molecular formula is C20H20O6. The summed E-state index contributed by atoms with van der Waals surface area (Å²) in [6, 6.07) is 3.40. The number of aldehydes is 1. The molecule has 1 aliphatic heterocycles. The molecule has 1 heterocycles. The highest BCUT2D eigenvalue weighted by Gasteiger charge is 2.51. The van der Waals surface area contributed by atoms with Crippen molar-refractivity contribution in [1.82, 2.24) is 0 Å². The van der Waals surface area contributed by atoms with Crippen molar-refractivity contribution >= 4 is 18.0 Å². The van der Waals surface area contributed by atoms with Gasteiger partial charge in [0.25, 0.3) is 0 Å². The number of ketones is 1. The summed E-state index contributed by atoms with van der Waals surface area (Å²) in [5.41, 5.74) is 2.48. The number of hydrogen-bond acceptors (Lipinski definition) is 6. The van der Waals surface area contributed by atoms with Crippen LogP contribution in [-0.2, 0) is 19.7 Å². The van der Waals surface area contributed by atoms with Gasteiger partial charge >= 0.3 is 5.97 Å². The van der Waals surface area contributed by atoms with Gasteiger partial charge in [0.1, 0.15) is 18.6 Å². The number of rotatable bonds is 3. The second-order valence-corrected chi connectivity index (χ2v) is 7.53. The number of carbonyl (C=O) groups is 3. The van der Waals surface area contributed by atoms with Crippen molar-refractivity contribution in [2.24, 2.45) is 5.92 Å². The second-order valence-electron chi connectivity index (χ2n) is 7.53. The average molecular weight is 356 g/mol. The first-order valence-electron chi connectivity index (χ1n) is 8.77. The number of ether oxygens (including phenoxy) is 1. The Balaban J connectivity index is 1.87. The van der Waals surface area contributed by atoms with Crippen LogP contribution in [-0.4, -0.2) is 41.5 Å². The number of aromatic hydroxyl groups is 1. The number of Topliss-reactive ketones (excluding diaryl/α,β-unsaturated/α-hetero) is 1. The van der Waals surface area contributed by atoms with Crippen molar-refractivity contribution in [2.75, 3.05) is 13.2 Å². The van der Waals surface area contributed by atoms with Crippen LogP contribution in [0.3, 0.4) is 0 Å². The van der Waals surface area contributed by atoms with Gasteiger partial charge in [0.15, 0.2) is 5.78 Å². The van der Waals surface area contributed by atoms with Crippen LogP contribution >= 0.6 is 0 Å². The maximum absolute atomic E-state index is 12.9. The van der Waals surface area contributed by atoms with Gasteiger partial charge in [-0.05, 0) is 24.0 Å². The monoisotopic (exact) mass is 356 g/mol. The maximum atomic E-state index is 12.9. The fourth-order valence-corrected chi connectivity index (χ4v) is 4.80. The fourth-order valence-electron chi connectivity index (χ4n) is 4.80. The van der Waals surface area contributed by atoms with Gasteiger partial charge in [0.05, 0.1) is 18.1 Å². The first-order valence-corrected chi connectivity index (χ1v) is 8.77. The van der Waals surface area contributed by atoms with Gasteiger partial charge in [-0.25, -0.2) is 4.79 Å². The molecule has 0 aromatic heterocycles. The molecule has 136 valence electrons. The molecule has 0 saturated carbocycles. The van der Waals surface area contributed by atoms with Gasteiger partial charge in [0.2, 0.25) is 0 Å². The number of fused-ring (bicyclic) bond motifs is 4. The second kappa shape index (κ2) is 5.77. The lowest BCUT2D eigenvalue weighted by Gasteiger charge is -2.46. The molecule has 3 aliphatic rings. The summed E-state index contributed by atoms with van der Waals surface area (Å²) in [6.07, 6.45) is 2.03. The minimum Gasteiger partial charge on any atom is -0.507 e. The Morgan fingerprint density at radius 1 is 1.38 bits per heavy atom. The van der Waals surface area contributed by atoms with Gasteiger partial charge in [0, 0.05) is 28.9 Å². The largest absolute Gasteiger partial charge is 0.507 e. The Bertz CT molecular complexity index is 867. The summed E-state index contributed by atoms with van der Waals surface area (Å²) >= 11 is 0. The zero-order chi connectivity index (χ0) is 18.6. The highest BCUT2D eigenvalue weighted by Crippen LogP contribution is 2.55. The summed E-state index contributed by atoms with van der Waals surface area (Å²) in [7, 11) is 0. The number of phenolic OH excluding ortho intramolecular Hbond substituents is 1. The van der Waals surface area contributed by atoms with E-state index in [1.165, 1.54) is 0 Å². The quantitative estimate of drug-likeness (QED) is 0.632. The molecule has 6 heteroatoms. The number of esters is 1. The van der Waals surface area contributed by atoms with Gasteiger partial charge in [-0.2, -0.15) is 0 Å². The van der Waals surface area contributed by atoms with Crippen LogP contribution in [0.25, 0.3) is 0 Å². The summed E-state index contributed by atoms with van der Waals surface area (Å²) in [6.45, 7) is 1.86. The van der Waals surface area contributed by atoms with E-state index < -0.39 is 12.5 Å². The third-order valence-electron chi connectivity index (χ3n) is 6.33. The highest BCUT2D eigenvalue weighted by atomic mass is 16.5. The van der Waals surface area contributed by atoms with Crippen LogP contribution in [0.4, 0.5) is 0 Å². The molecule has 0 amide bonds. The molecule has 4 rings (SSSR count). The van der Waals surface area contributed by atoms with Crippen molar-refractivity contribution < 1.29 is 29.3 Å². The van der Waals surface area contributed by atoms with Gasteiger partial charge < -0.3 is 19.7 Å². The third kappa shape index (κ3) is 2.11. The Kier molecular flexibility index (Phi) is 3.77. The minimum atomic E-state index is -0.861. The standard InChI is InChI=1S/C20H20O6/c1-20-5-4-12-13(9-26-19(12)25)15(20)6-16(23)17-14(20)3-2-11(18(17)24)10(7-21)8-22/h2-3,7,10,15,22,24H,4-6,8-9H2,1H3/t10?,15-,20+/m0/s1. The van der Waals surface area contributed by atoms with Crippen LogP contribution in [0, 0.1) is 5.92 Å². The molecule has 1 aromatic rings. The predicted molar refractivity (Wildman–Crippen MR) is 91.0 cm³/mol. The molecule has 3 atom stereocenters. The number of benzene rings is 1. The average Bonchev–Trinajstić information content (AvgIpc) is 3.00. The molecule has 1 aromatic carbocycles. The number of phenols is 1. The molecular weight excluding hydrogens is 336 g/mol. The number of hydrogen-bond donors (Lipinski definition) is 2. The Morgan fingerprint density at radius 2 is 2.15 bits per heavy atom. The topological polar surface area (TPSA) is 101 Å². The molecule has 6 nitrogen and oxygen atoms in total. The Hall–Kier alpha value is -2.47. The van der Waals surface area contributed by atoms with Crippen molar-refractivity contribution in [3.8, 4) is 5.75 Å². The zero-order valence-electron chi connectivity index (χ0n) is 14.4. The van der Waals surface area contributed by atoms with E-state index in [4.69, 9.17) is 4.74 Å². The van der Waals surface area contributed by atoms with Crippen LogP contribution in [0.15, 0.2) is 23.3 Å². The zero-order valence-corrected chi connectivity index (χ0v) is 14.4. The molecule has 0 spiro atoms. The number of aliphatic hydroxyl groups is 1. The first kappa shape index (κ1) is 17.0. The van der Waals surface area contributed by atoms with Crippen molar-refractivity contribution in [3.63, 3.8) is 0 Å². The van der Waals surface area contributed by atoms with E-state index in [9.17, 15) is 24.6 Å². The fraction of sp³-hybridized carbons (Fsp3) is 0.450. The van der Waals surface area contributed by atoms with Gasteiger partial charge in [-0.1, -0.05) is 19.1 Å². The molecule has 1 unspecified atom stereocenters. The SMILES string of the molecule is C[C@]12CCC3=C(COC3=O)[C@@H]1CC(=O)c1c2ccc(C(C=O)CO)c1O. The number of aliphatic hydroxyl groups excluding tert-OH is 1. The summed E-state index contributed by atoms with van der Waals surface area (Å²) < 4.78 is 5.18. The van der Waals surface area contributed by atoms with E-state index in [2.05, 4.69) is 6.92 Å². The lowest BCUT2D eigenvalue weighted by molar-refractivity contribution is -0.136. The van der Waals surface area contributed by atoms with Crippen molar-refractivity contribution in [3.05, 3.63) is 40.0 Å². The Labute approximate surface area is 150 Å². The molecule has 0 fully saturated rings. The lowest BCUT2D eigenvalue weighted by Crippen LogP contribution is -2.43. The molecule has 0 bridgehead atoms. The van der Waals surface area contributed by atoms with E-state index in [0.717, 1.165) is 11.1 Å². The van der Waals surface area contributed by atoms with Crippen molar-refractivity contribution in [2.45, 2.75) is 37.5 Å². The lowest BCUT2D eigenvalue weighted by atomic mass is 9.56. The van der Waals surface area contributed by atoms with E-state index in [1.807, 2.05) is 0 Å². The minimum absolute atomic E-state index is 0.123. The van der Waals surface area contributed by atoms with Crippen LogP contribution in [0.2, 0.25) is 0 Å². The van der Waals surface area contributed by atoms with E-state index in [-0.39, 0.29) is 53.0 Å². The predicted octanol–water partition coefficient (Wildman–Crippen LogP) is 1.77. The van der Waals surface area contributed by atoms with E-state index in [1.54, 1.807) is 12.1 Å². The first-order chi connectivity index (χ1) is 12.4. The van der Waals surface area contributed by atoms with Gasteiger partial charge in [-0.3, -0.25) is 4.79 Å². The van der Waals surface area contributed by atoms with E-state index in [0.29, 0.717) is 24.7 Å². The summed E-state index contributed by atoms with van der Waals surface area (Å²) in [5, 5.41) is 20.1. The third-order valence-corrected chi connectivity index (χ3v) is 6.33. The summed E-state index contributed by atoms with van der Waals surface area (Å²) in [4.78, 5) is 35.9. The molecule has 26 heavy (non-hydrogen) atoms. The Morgan fingerprint density at radius 3 is 2.85 bits per heavy atom. The highest BCUT2D eigenvalue weighted by molar-refractivity contribution is 6.03. The molecule has 0 saturated heterocycles. The van der Waals surface area contributed by atoms with E-state index >= 15 is 0 Å². The van der Waals surface area contributed by atoms with Crippen LogP contribution < -0.4 is 0 Å². The smallest absolute Gasteiger partial charge is 0.334 e. The molecule has 0 radical (unpaired) electrons. The number of carbonyl (C=O) groups excluding carboxylic acids is 3. The number of cyclic esters (lactones) is 1. The maximum Gasteiger partial charge on any atom is 0.334 e. The molecule has 2 N–H and O–H groups in total. The molecule has 2 aliphatic carbocycles. The normalized spacial score (nSPS) is 28.2. The van der Waals surface area contributed by atoms with Gasteiger partial charge in [-0.15, -0.1) is 0 Å². The van der Waals surface area contributed by atoms with Crippen molar-refractivity contribution in [1.29, 1.82) is 0 Å². The summed E-state index contributed by atoms with van der Waals surface area (Å²) in [5.74, 6) is -1.69. The van der Waals surface area contributed by atoms with Crippen LogP contribution in [0.5, 0.6) is 5.75 Å².